The fourth-order valence-electron chi connectivity index (χ4n) is 2.68. The molecule has 0 amide bonds. The van der Waals surface area contributed by atoms with Crippen molar-refractivity contribution in [3.05, 3.63) is 30.4 Å². The Hall–Kier alpha value is -1.42. The Morgan fingerprint density at radius 1 is 1.21 bits per heavy atom. The van der Waals surface area contributed by atoms with Crippen LogP contribution in [0.5, 0.6) is 0 Å². The Morgan fingerprint density at radius 3 is 2.68 bits per heavy atom. The summed E-state index contributed by atoms with van der Waals surface area (Å²) in [5.74, 6) is 0.639. The molecule has 1 unspecified atom stereocenters. The van der Waals surface area contributed by atoms with Gasteiger partial charge in [-0.2, -0.15) is 5.10 Å². The van der Waals surface area contributed by atoms with Crippen molar-refractivity contribution in [3.8, 4) is 0 Å². The summed E-state index contributed by atoms with van der Waals surface area (Å²) in [6.45, 7) is 7.77. The molecule has 0 bridgehead atoms. The molecule has 1 N–H and O–H groups in total. The molecular formula is C15H24N4. The van der Waals surface area contributed by atoms with Crippen LogP contribution in [0.2, 0.25) is 0 Å². The van der Waals surface area contributed by atoms with Crippen LogP contribution in [0.1, 0.15) is 51.6 Å². The molecule has 0 aliphatic rings. The molecule has 0 spiro atoms. The molecule has 0 aromatic carbocycles. The molecular weight excluding hydrogens is 236 g/mol. The second kappa shape index (κ2) is 6.66. The summed E-state index contributed by atoms with van der Waals surface area (Å²) >= 11 is 0. The molecule has 2 rings (SSSR count). The van der Waals surface area contributed by atoms with Gasteiger partial charge in [-0.3, -0.25) is 4.98 Å². The van der Waals surface area contributed by atoms with Gasteiger partial charge >= 0.3 is 0 Å². The van der Waals surface area contributed by atoms with Gasteiger partial charge in [0.15, 0.2) is 0 Å². The maximum absolute atomic E-state index is 4.44. The van der Waals surface area contributed by atoms with Gasteiger partial charge in [0.25, 0.3) is 0 Å². The predicted octanol–water partition coefficient (Wildman–Crippen LogP) is 3.21. The molecule has 0 aliphatic carbocycles. The van der Waals surface area contributed by atoms with Crippen LogP contribution in [-0.4, -0.2) is 21.1 Å². The first kappa shape index (κ1) is 14.0. The minimum Gasteiger partial charge on any atom is -0.310 e. The van der Waals surface area contributed by atoms with Gasteiger partial charge in [0.05, 0.1) is 17.9 Å². The van der Waals surface area contributed by atoms with Gasteiger partial charge in [0.1, 0.15) is 0 Å². The number of hydrogen-bond acceptors (Lipinski definition) is 3. The maximum atomic E-state index is 4.44. The lowest BCUT2D eigenvalue weighted by atomic mass is 9.89. The van der Waals surface area contributed by atoms with E-state index in [1.54, 1.807) is 6.20 Å². The van der Waals surface area contributed by atoms with Crippen molar-refractivity contribution < 1.29 is 0 Å². The van der Waals surface area contributed by atoms with Crippen LogP contribution in [0.3, 0.4) is 0 Å². The third-order valence-corrected chi connectivity index (χ3v) is 3.82. The highest BCUT2D eigenvalue weighted by Gasteiger charge is 2.22. The predicted molar refractivity (Wildman–Crippen MR) is 78.1 cm³/mol. The molecule has 104 valence electrons. The van der Waals surface area contributed by atoms with Gasteiger partial charge in [-0.05, 0) is 18.9 Å². The first-order valence-corrected chi connectivity index (χ1v) is 7.32. The number of nitrogens with one attached hydrogen (secondary N) is 1. The van der Waals surface area contributed by atoms with Gasteiger partial charge in [-0.25, -0.2) is 4.52 Å². The number of fused-ring (bicyclic) bond motifs is 1. The zero-order valence-corrected chi connectivity index (χ0v) is 12.1. The summed E-state index contributed by atoms with van der Waals surface area (Å²) in [6, 6.07) is 0.372. The molecule has 0 aliphatic heterocycles. The standard InChI is InChI=1S/C15H24N4/c1-4-7-17-15(12(5-2)6-3)13-10-18-19-9-8-16-11-14(13)19/h8-12,15,17H,4-7H2,1-3H3. The van der Waals surface area contributed by atoms with Crippen LogP contribution < -0.4 is 5.32 Å². The number of nitrogens with zero attached hydrogens (tertiary/aromatic N) is 3. The molecule has 0 fully saturated rings. The normalized spacial score (nSPS) is 13.3. The van der Waals surface area contributed by atoms with Crippen molar-refractivity contribution >= 4 is 5.52 Å². The van der Waals surface area contributed by atoms with Crippen LogP contribution in [0.15, 0.2) is 24.8 Å². The second-order valence-corrected chi connectivity index (χ2v) is 5.01. The maximum Gasteiger partial charge on any atom is 0.0892 e. The van der Waals surface area contributed by atoms with Gasteiger partial charge < -0.3 is 5.32 Å². The molecule has 0 radical (unpaired) electrons. The summed E-state index contributed by atoms with van der Waals surface area (Å²) in [7, 11) is 0. The molecule has 4 nitrogen and oxygen atoms in total. The van der Waals surface area contributed by atoms with Crippen LogP contribution in [0, 0.1) is 5.92 Å². The average Bonchev–Trinajstić information content (AvgIpc) is 2.87. The molecule has 2 aromatic rings. The van der Waals surface area contributed by atoms with Crippen LogP contribution in [0.25, 0.3) is 5.52 Å². The fraction of sp³-hybridized carbons (Fsp3) is 0.600. The number of hydrogen-bond donors (Lipinski definition) is 1. The third kappa shape index (κ3) is 2.95. The molecule has 0 saturated heterocycles. The summed E-state index contributed by atoms with van der Waals surface area (Å²) < 4.78 is 1.91. The largest absolute Gasteiger partial charge is 0.310 e. The molecule has 4 heteroatoms. The Morgan fingerprint density at radius 2 is 2.00 bits per heavy atom. The zero-order chi connectivity index (χ0) is 13.7. The van der Waals surface area contributed by atoms with E-state index in [0.717, 1.165) is 18.5 Å². The highest BCUT2D eigenvalue weighted by atomic mass is 15.2. The van der Waals surface area contributed by atoms with Crippen molar-refractivity contribution in [2.75, 3.05) is 6.54 Å². The number of rotatable bonds is 7. The van der Waals surface area contributed by atoms with Gasteiger partial charge in [0.2, 0.25) is 0 Å². The smallest absolute Gasteiger partial charge is 0.0892 e. The van der Waals surface area contributed by atoms with Crippen LogP contribution in [0.4, 0.5) is 0 Å². The molecule has 1 atom stereocenters. The van der Waals surface area contributed by atoms with E-state index in [-0.39, 0.29) is 0 Å². The van der Waals surface area contributed by atoms with Crippen LogP contribution in [-0.2, 0) is 0 Å². The topological polar surface area (TPSA) is 42.2 Å². The summed E-state index contributed by atoms with van der Waals surface area (Å²) in [4.78, 5) is 4.23. The van der Waals surface area contributed by atoms with Crippen molar-refractivity contribution in [1.29, 1.82) is 0 Å². The number of aromatic nitrogens is 3. The highest BCUT2D eigenvalue weighted by Crippen LogP contribution is 2.29. The third-order valence-electron chi connectivity index (χ3n) is 3.82. The Labute approximate surface area is 115 Å². The quantitative estimate of drug-likeness (QED) is 0.831. The first-order valence-electron chi connectivity index (χ1n) is 7.32. The van der Waals surface area contributed by atoms with E-state index in [1.165, 1.54) is 18.4 Å². The van der Waals surface area contributed by atoms with Crippen molar-refractivity contribution in [2.45, 2.75) is 46.1 Å². The fourth-order valence-corrected chi connectivity index (χ4v) is 2.68. The average molecular weight is 260 g/mol. The minimum absolute atomic E-state index is 0.372. The monoisotopic (exact) mass is 260 g/mol. The van der Waals surface area contributed by atoms with E-state index >= 15 is 0 Å². The summed E-state index contributed by atoms with van der Waals surface area (Å²) in [5.41, 5.74) is 2.39. The highest BCUT2D eigenvalue weighted by molar-refractivity contribution is 5.53. The molecule has 0 saturated carbocycles. The van der Waals surface area contributed by atoms with Crippen molar-refractivity contribution in [3.63, 3.8) is 0 Å². The van der Waals surface area contributed by atoms with E-state index in [2.05, 4.69) is 36.2 Å². The molecule has 2 heterocycles. The van der Waals surface area contributed by atoms with Gasteiger partial charge in [-0.15, -0.1) is 0 Å². The first-order chi connectivity index (χ1) is 9.31. The van der Waals surface area contributed by atoms with E-state index in [0.29, 0.717) is 12.0 Å². The van der Waals surface area contributed by atoms with Crippen molar-refractivity contribution in [1.82, 2.24) is 19.9 Å². The Balaban J connectivity index is 2.36. The van der Waals surface area contributed by atoms with E-state index in [9.17, 15) is 0 Å². The SMILES string of the molecule is CCCNC(c1cnn2ccncc12)C(CC)CC. The lowest BCUT2D eigenvalue weighted by Crippen LogP contribution is -2.28. The summed E-state index contributed by atoms with van der Waals surface area (Å²) in [6.07, 6.45) is 11.1. The lowest BCUT2D eigenvalue weighted by molar-refractivity contribution is 0.343. The molecule has 19 heavy (non-hydrogen) atoms. The van der Waals surface area contributed by atoms with Crippen molar-refractivity contribution in [2.24, 2.45) is 5.92 Å². The Kier molecular flexibility index (Phi) is 4.91. The minimum atomic E-state index is 0.372. The zero-order valence-electron chi connectivity index (χ0n) is 12.1. The van der Waals surface area contributed by atoms with Gasteiger partial charge in [0, 0.05) is 24.0 Å². The lowest BCUT2D eigenvalue weighted by Gasteiger charge is -2.26. The van der Waals surface area contributed by atoms with Gasteiger partial charge in [-0.1, -0.05) is 33.6 Å². The second-order valence-electron chi connectivity index (χ2n) is 5.01. The Bertz CT molecular complexity index is 502. The van der Waals surface area contributed by atoms with Crippen LogP contribution >= 0.6 is 0 Å². The van der Waals surface area contributed by atoms with E-state index in [4.69, 9.17) is 0 Å². The molecule has 2 aromatic heterocycles. The van der Waals surface area contributed by atoms with E-state index < -0.39 is 0 Å². The van der Waals surface area contributed by atoms with E-state index in [1.807, 2.05) is 23.1 Å². The summed E-state index contributed by atoms with van der Waals surface area (Å²) in [5, 5.41) is 8.12.